The smallest absolute Gasteiger partial charge is 0.125 e. The largest absolute Gasteiger partial charge is 0.493 e. The van der Waals surface area contributed by atoms with Gasteiger partial charge in [-0.2, -0.15) is 0 Å². The van der Waals surface area contributed by atoms with Crippen LogP contribution in [0.3, 0.4) is 0 Å². The van der Waals surface area contributed by atoms with Gasteiger partial charge in [-0.05, 0) is 55.3 Å². The van der Waals surface area contributed by atoms with Crippen molar-refractivity contribution in [3.05, 3.63) is 62.6 Å². The second kappa shape index (κ2) is 6.61. The van der Waals surface area contributed by atoms with E-state index >= 15 is 0 Å². The summed E-state index contributed by atoms with van der Waals surface area (Å²) in [5, 5.41) is 11.2. The molecule has 0 saturated heterocycles. The van der Waals surface area contributed by atoms with Gasteiger partial charge in [0.2, 0.25) is 0 Å². The standard InChI is InChI=1S/C16H16BrClO2/c1-3-20-15-5-4-12(17)9-14(15)16(19)11-6-10(2)7-13(18)8-11/h4-9,16,19H,3H2,1-2H3. The topological polar surface area (TPSA) is 29.5 Å². The Labute approximate surface area is 132 Å². The maximum Gasteiger partial charge on any atom is 0.125 e. The van der Waals surface area contributed by atoms with Crippen LogP contribution in [-0.4, -0.2) is 11.7 Å². The van der Waals surface area contributed by atoms with Crippen molar-refractivity contribution >= 4 is 27.5 Å². The van der Waals surface area contributed by atoms with Crippen molar-refractivity contribution in [2.24, 2.45) is 0 Å². The van der Waals surface area contributed by atoms with Crippen LogP contribution >= 0.6 is 27.5 Å². The van der Waals surface area contributed by atoms with Gasteiger partial charge < -0.3 is 9.84 Å². The molecule has 0 heterocycles. The zero-order chi connectivity index (χ0) is 14.7. The molecular formula is C16H16BrClO2. The minimum Gasteiger partial charge on any atom is -0.493 e. The third-order valence-corrected chi connectivity index (χ3v) is 3.66. The van der Waals surface area contributed by atoms with Crippen LogP contribution in [0.2, 0.25) is 5.02 Å². The first-order valence-corrected chi connectivity index (χ1v) is 7.55. The molecule has 4 heteroatoms. The number of rotatable bonds is 4. The van der Waals surface area contributed by atoms with Crippen LogP contribution in [0.4, 0.5) is 0 Å². The van der Waals surface area contributed by atoms with E-state index in [1.54, 1.807) is 6.07 Å². The Bertz CT molecular complexity index is 593. The second-order valence-corrected chi connectivity index (χ2v) is 5.93. The predicted molar refractivity (Wildman–Crippen MR) is 85.6 cm³/mol. The van der Waals surface area contributed by atoms with Gasteiger partial charge in [0, 0.05) is 15.1 Å². The highest BCUT2D eigenvalue weighted by Gasteiger charge is 2.17. The molecule has 0 amide bonds. The lowest BCUT2D eigenvalue weighted by atomic mass is 9.99. The zero-order valence-corrected chi connectivity index (χ0v) is 13.7. The molecule has 1 N–H and O–H groups in total. The Kier molecular flexibility index (Phi) is 5.08. The summed E-state index contributed by atoms with van der Waals surface area (Å²) in [6.07, 6.45) is -0.772. The second-order valence-electron chi connectivity index (χ2n) is 4.58. The normalized spacial score (nSPS) is 12.2. The fraction of sp³-hybridized carbons (Fsp3) is 0.250. The molecule has 0 aromatic heterocycles. The fourth-order valence-electron chi connectivity index (χ4n) is 2.12. The molecule has 20 heavy (non-hydrogen) atoms. The van der Waals surface area contributed by atoms with Crippen LogP contribution in [-0.2, 0) is 0 Å². The third-order valence-electron chi connectivity index (χ3n) is 2.95. The van der Waals surface area contributed by atoms with Gasteiger partial charge >= 0.3 is 0 Å². The molecule has 0 bridgehead atoms. The van der Waals surface area contributed by atoms with Crippen molar-refractivity contribution < 1.29 is 9.84 Å². The van der Waals surface area contributed by atoms with E-state index in [1.165, 1.54) is 0 Å². The van der Waals surface area contributed by atoms with Crippen molar-refractivity contribution in [1.82, 2.24) is 0 Å². The van der Waals surface area contributed by atoms with Crippen LogP contribution in [0.1, 0.15) is 29.7 Å². The molecule has 1 atom stereocenters. The SMILES string of the molecule is CCOc1ccc(Br)cc1C(O)c1cc(C)cc(Cl)c1. The predicted octanol–water partition coefficient (Wildman–Crippen LogP) is 4.89. The number of aliphatic hydroxyl groups excluding tert-OH is 1. The molecule has 2 aromatic rings. The number of hydrogen-bond acceptors (Lipinski definition) is 2. The number of benzene rings is 2. The minimum atomic E-state index is -0.772. The van der Waals surface area contributed by atoms with E-state index in [4.69, 9.17) is 16.3 Å². The summed E-state index contributed by atoms with van der Waals surface area (Å²) in [5.41, 5.74) is 2.50. The summed E-state index contributed by atoms with van der Waals surface area (Å²) in [4.78, 5) is 0. The van der Waals surface area contributed by atoms with Gasteiger partial charge in [-0.3, -0.25) is 0 Å². The van der Waals surface area contributed by atoms with E-state index < -0.39 is 6.10 Å². The van der Waals surface area contributed by atoms with Crippen LogP contribution in [0, 0.1) is 6.92 Å². The van der Waals surface area contributed by atoms with Crippen molar-refractivity contribution in [2.45, 2.75) is 20.0 Å². The van der Waals surface area contributed by atoms with Crippen molar-refractivity contribution in [1.29, 1.82) is 0 Å². The van der Waals surface area contributed by atoms with E-state index in [9.17, 15) is 5.11 Å². The average molecular weight is 356 g/mol. The first-order valence-electron chi connectivity index (χ1n) is 6.38. The lowest BCUT2D eigenvalue weighted by molar-refractivity contribution is 0.212. The molecule has 0 saturated carbocycles. The zero-order valence-electron chi connectivity index (χ0n) is 11.4. The molecule has 1 unspecified atom stereocenters. The molecule has 2 rings (SSSR count). The quantitative estimate of drug-likeness (QED) is 0.846. The van der Waals surface area contributed by atoms with E-state index in [-0.39, 0.29) is 0 Å². The van der Waals surface area contributed by atoms with E-state index in [0.29, 0.717) is 17.4 Å². The molecule has 106 valence electrons. The highest BCUT2D eigenvalue weighted by atomic mass is 79.9. The lowest BCUT2D eigenvalue weighted by Gasteiger charge is -2.17. The molecular weight excluding hydrogens is 340 g/mol. The van der Waals surface area contributed by atoms with Crippen molar-refractivity contribution in [3.8, 4) is 5.75 Å². The van der Waals surface area contributed by atoms with Gasteiger partial charge in [-0.25, -0.2) is 0 Å². The van der Waals surface area contributed by atoms with Gasteiger partial charge in [0.05, 0.1) is 6.61 Å². The number of aliphatic hydroxyl groups is 1. The van der Waals surface area contributed by atoms with Gasteiger partial charge in [0.1, 0.15) is 11.9 Å². The van der Waals surface area contributed by atoms with Crippen LogP contribution in [0.5, 0.6) is 5.75 Å². The highest BCUT2D eigenvalue weighted by molar-refractivity contribution is 9.10. The molecule has 0 aliphatic rings. The van der Waals surface area contributed by atoms with Crippen LogP contribution in [0.15, 0.2) is 40.9 Å². The van der Waals surface area contributed by atoms with Crippen molar-refractivity contribution in [2.75, 3.05) is 6.61 Å². The maximum atomic E-state index is 10.6. The van der Waals surface area contributed by atoms with Gasteiger partial charge in [0.25, 0.3) is 0 Å². The molecule has 0 aliphatic heterocycles. The molecule has 2 aromatic carbocycles. The van der Waals surface area contributed by atoms with Gasteiger partial charge in [-0.15, -0.1) is 0 Å². The van der Waals surface area contributed by atoms with E-state index in [2.05, 4.69) is 15.9 Å². The summed E-state index contributed by atoms with van der Waals surface area (Å²) in [6.45, 7) is 4.42. The maximum absolute atomic E-state index is 10.6. The molecule has 2 nitrogen and oxygen atoms in total. The van der Waals surface area contributed by atoms with E-state index in [0.717, 1.165) is 21.2 Å². The summed E-state index contributed by atoms with van der Waals surface area (Å²) in [6, 6.07) is 11.2. The molecule has 0 aliphatic carbocycles. The summed E-state index contributed by atoms with van der Waals surface area (Å²) >= 11 is 9.49. The Balaban J connectivity index is 2.46. The summed E-state index contributed by atoms with van der Waals surface area (Å²) < 4.78 is 6.48. The first-order chi connectivity index (χ1) is 9.51. The number of hydrogen-bond donors (Lipinski definition) is 1. The van der Waals surface area contributed by atoms with Crippen LogP contribution < -0.4 is 4.74 Å². The highest BCUT2D eigenvalue weighted by Crippen LogP contribution is 2.33. The molecule has 0 radical (unpaired) electrons. The average Bonchev–Trinajstić information content (AvgIpc) is 2.39. The number of ether oxygens (including phenoxy) is 1. The molecule has 0 spiro atoms. The molecule has 0 fully saturated rings. The Morgan fingerprint density at radius 3 is 2.65 bits per heavy atom. The Morgan fingerprint density at radius 2 is 2.00 bits per heavy atom. The van der Waals surface area contributed by atoms with Crippen molar-refractivity contribution in [3.63, 3.8) is 0 Å². The summed E-state index contributed by atoms with van der Waals surface area (Å²) in [7, 11) is 0. The van der Waals surface area contributed by atoms with Crippen LogP contribution in [0.25, 0.3) is 0 Å². The van der Waals surface area contributed by atoms with Gasteiger partial charge in [0.15, 0.2) is 0 Å². The number of aryl methyl sites for hydroxylation is 1. The summed E-state index contributed by atoms with van der Waals surface area (Å²) in [5.74, 6) is 0.681. The monoisotopic (exact) mass is 354 g/mol. The Hall–Kier alpha value is -1.03. The first kappa shape index (κ1) is 15.4. The lowest BCUT2D eigenvalue weighted by Crippen LogP contribution is -2.04. The fourth-order valence-corrected chi connectivity index (χ4v) is 2.80. The Morgan fingerprint density at radius 1 is 1.25 bits per heavy atom. The minimum absolute atomic E-state index is 0.552. The van der Waals surface area contributed by atoms with E-state index in [1.807, 2.05) is 44.2 Å². The van der Waals surface area contributed by atoms with Gasteiger partial charge in [-0.1, -0.05) is 33.6 Å². The number of halogens is 2. The third kappa shape index (κ3) is 3.54.